The van der Waals surface area contributed by atoms with E-state index in [1.165, 1.54) is 43.5 Å². The third-order valence-corrected chi connectivity index (χ3v) is 8.52. The van der Waals surface area contributed by atoms with E-state index in [4.69, 9.17) is 4.74 Å². The molecule has 1 amide bonds. The Balaban J connectivity index is 1.06. The molecule has 0 aliphatic carbocycles. The Morgan fingerprint density at radius 2 is 1.72 bits per heavy atom. The van der Waals surface area contributed by atoms with E-state index in [0.29, 0.717) is 18.9 Å². The number of hydrogen-bond acceptors (Lipinski definition) is 4. The van der Waals surface area contributed by atoms with Crippen LogP contribution in [0.2, 0.25) is 0 Å². The van der Waals surface area contributed by atoms with Crippen LogP contribution in [0.3, 0.4) is 0 Å². The molecule has 0 bridgehead atoms. The molecule has 36 heavy (non-hydrogen) atoms. The Kier molecular flexibility index (Phi) is 8.73. The number of hydrogen-bond donors (Lipinski definition) is 0. The van der Waals surface area contributed by atoms with Gasteiger partial charge in [-0.05, 0) is 85.8 Å². The summed E-state index contributed by atoms with van der Waals surface area (Å²) in [7, 11) is 0. The van der Waals surface area contributed by atoms with Crippen LogP contribution in [0.25, 0.3) is 0 Å². The zero-order valence-electron chi connectivity index (χ0n) is 21.2. The van der Waals surface area contributed by atoms with Crippen LogP contribution in [-0.2, 0) is 24.2 Å². The number of piperidine rings is 2. The molecule has 2 aliphatic heterocycles. The van der Waals surface area contributed by atoms with Crippen molar-refractivity contribution in [3.8, 4) is 5.75 Å². The number of carbonyl (C=O) groups is 1. The smallest absolute Gasteiger partial charge is 0.227 e. The highest BCUT2D eigenvalue weighted by molar-refractivity contribution is 7.10. The van der Waals surface area contributed by atoms with Gasteiger partial charge in [-0.15, -0.1) is 11.3 Å². The Hall–Kier alpha value is -2.63. The van der Waals surface area contributed by atoms with E-state index in [0.717, 1.165) is 49.0 Å². The quantitative estimate of drug-likeness (QED) is 0.356. The minimum Gasteiger partial charge on any atom is -0.493 e. The van der Waals surface area contributed by atoms with Gasteiger partial charge >= 0.3 is 0 Å². The van der Waals surface area contributed by atoms with E-state index in [9.17, 15) is 4.79 Å². The van der Waals surface area contributed by atoms with Crippen LogP contribution in [0.4, 0.5) is 0 Å². The number of benzene rings is 2. The topological polar surface area (TPSA) is 32.8 Å². The summed E-state index contributed by atoms with van der Waals surface area (Å²) in [6, 6.07) is 23.6. The Morgan fingerprint density at radius 3 is 2.53 bits per heavy atom. The average molecular weight is 503 g/mol. The van der Waals surface area contributed by atoms with Crippen LogP contribution < -0.4 is 4.74 Å². The number of likely N-dealkylation sites (tertiary alicyclic amines) is 2. The van der Waals surface area contributed by atoms with Gasteiger partial charge in [-0.3, -0.25) is 9.69 Å². The summed E-state index contributed by atoms with van der Waals surface area (Å²) < 4.78 is 6.24. The lowest BCUT2D eigenvalue weighted by Gasteiger charge is -2.33. The molecule has 0 saturated carbocycles. The SMILES string of the molecule is O=C(Cc1cccs1)N1CCC[C@@H](COc2cccc(CN3CCC(Cc4ccccc4)CC3)c2)C1. The maximum Gasteiger partial charge on any atom is 0.227 e. The lowest BCUT2D eigenvalue weighted by atomic mass is 9.90. The number of amides is 1. The predicted molar refractivity (Wildman–Crippen MR) is 147 cm³/mol. The van der Waals surface area contributed by atoms with Gasteiger partial charge in [0.05, 0.1) is 13.0 Å². The Morgan fingerprint density at radius 1 is 0.889 bits per heavy atom. The van der Waals surface area contributed by atoms with Gasteiger partial charge in [-0.25, -0.2) is 0 Å². The van der Waals surface area contributed by atoms with E-state index in [1.807, 2.05) is 22.4 Å². The minimum atomic E-state index is 0.247. The Bertz CT molecular complexity index is 1080. The van der Waals surface area contributed by atoms with E-state index < -0.39 is 0 Å². The zero-order chi connectivity index (χ0) is 24.6. The molecule has 5 heteroatoms. The fraction of sp³-hybridized carbons (Fsp3) is 0.452. The Labute approximate surface area is 219 Å². The number of rotatable bonds is 9. The van der Waals surface area contributed by atoms with Crippen molar-refractivity contribution in [3.63, 3.8) is 0 Å². The van der Waals surface area contributed by atoms with E-state index in [2.05, 4.69) is 59.5 Å². The third kappa shape index (κ3) is 7.21. The number of ether oxygens (including phenoxy) is 1. The van der Waals surface area contributed by atoms with Crippen LogP contribution in [0.1, 0.15) is 41.7 Å². The normalized spacial score (nSPS) is 19.3. The standard InChI is InChI=1S/C31H38N2O2S/c34-31(21-30-12-6-18-36-30)33-15-5-10-28(23-33)24-35-29-11-4-9-27(20-29)22-32-16-13-26(14-17-32)19-25-7-2-1-3-8-25/h1-4,6-9,11-12,18,20,26,28H,5,10,13-17,19,21-24H2/t28-/m1/s1. The fourth-order valence-corrected chi connectivity index (χ4v) is 6.30. The highest BCUT2D eigenvalue weighted by atomic mass is 32.1. The van der Waals surface area contributed by atoms with Crippen molar-refractivity contribution in [1.82, 2.24) is 9.80 Å². The molecule has 0 N–H and O–H groups in total. The van der Waals surface area contributed by atoms with E-state index in [1.54, 1.807) is 11.3 Å². The van der Waals surface area contributed by atoms with Crippen molar-refractivity contribution < 1.29 is 9.53 Å². The van der Waals surface area contributed by atoms with E-state index in [-0.39, 0.29) is 5.91 Å². The lowest BCUT2D eigenvalue weighted by Crippen LogP contribution is -2.42. The molecule has 3 heterocycles. The highest BCUT2D eigenvalue weighted by Crippen LogP contribution is 2.25. The molecule has 0 unspecified atom stereocenters. The van der Waals surface area contributed by atoms with Gasteiger partial charge in [0.2, 0.25) is 5.91 Å². The van der Waals surface area contributed by atoms with Gasteiger partial charge in [-0.1, -0.05) is 48.5 Å². The first kappa shape index (κ1) is 25.0. The molecule has 2 aliphatic rings. The average Bonchev–Trinajstić information content (AvgIpc) is 3.43. The first-order chi connectivity index (χ1) is 17.7. The van der Waals surface area contributed by atoms with Crippen molar-refractivity contribution in [3.05, 3.63) is 88.1 Å². The second-order valence-corrected chi connectivity index (χ2v) is 11.5. The first-order valence-electron chi connectivity index (χ1n) is 13.5. The van der Waals surface area contributed by atoms with Crippen molar-refractivity contribution in [1.29, 1.82) is 0 Å². The van der Waals surface area contributed by atoms with Gasteiger partial charge in [0.1, 0.15) is 5.75 Å². The van der Waals surface area contributed by atoms with Crippen molar-refractivity contribution in [2.75, 3.05) is 32.8 Å². The van der Waals surface area contributed by atoms with Gasteiger partial charge in [-0.2, -0.15) is 0 Å². The number of thiophene rings is 1. The summed E-state index contributed by atoms with van der Waals surface area (Å²) in [5, 5.41) is 2.04. The van der Waals surface area contributed by atoms with Gasteiger partial charge in [0.15, 0.2) is 0 Å². The molecular weight excluding hydrogens is 464 g/mol. The summed E-state index contributed by atoms with van der Waals surface area (Å²) in [4.78, 5) is 18.5. The molecule has 2 aromatic carbocycles. The van der Waals surface area contributed by atoms with Crippen molar-refractivity contribution in [2.24, 2.45) is 11.8 Å². The molecule has 4 nitrogen and oxygen atoms in total. The number of nitrogens with zero attached hydrogens (tertiary/aromatic N) is 2. The summed E-state index contributed by atoms with van der Waals surface area (Å²) in [5.41, 5.74) is 2.79. The van der Waals surface area contributed by atoms with Crippen molar-refractivity contribution >= 4 is 17.2 Å². The molecule has 1 aromatic heterocycles. The molecule has 1 atom stereocenters. The first-order valence-corrected chi connectivity index (χ1v) is 14.4. The van der Waals surface area contributed by atoms with Gasteiger partial charge < -0.3 is 9.64 Å². The molecule has 5 rings (SSSR count). The highest BCUT2D eigenvalue weighted by Gasteiger charge is 2.24. The monoisotopic (exact) mass is 502 g/mol. The van der Waals surface area contributed by atoms with Gasteiger partial charge in [0.25, 0.3) is 0 Å². The number of carbonyl (C=O) groups excluding carboxylic acids is 1. The molecule has 2 saturated heterocycles. The molecule has 0 spiro atoms. The summed E-state index contributed by atoms with van der Waals surface area (Å²) in [6.45, 7) is 5.68. The molecule has 0 radical (unpaired) electrons. The second-order valence-electron chi connectivity index (χ2n) is 10.5. The van der Waals surface area contributed by atoms with Crippen LogP contribution in [0.5, 0.6) is 5.75 Å². The van der Waals surface area contributed by atoms with Crippen LogP contribution in [0.15, 0.2) is 72.1 Å². The molecular formula is C31H38N2O2S. The van der Waals surface area contributed by atoms with Crippen LogP contribution in [-0.4, -0.2) is 48.5 Å². The molecule has 2 fully saturated rings. The van der Waals surface area contributed by atoms with Gasteiger partial charge in [0, 0.05) is 30.4 Å². The minimum absolute atomic E-state index is 0.247. The molecule has 3 aromatic rings. The van der Waals surface area contributed by atoms with Crippen LogP contribution >= 0.6 is 11.3 Å². The summed E-state index contributed by atoms with van der Waals surface area (Å²) >= 11 is 1.66. The second kappa shape index (κ2) is 12.6. The van der Waals surface area contributed by atoms with Crippen LogP contribution in [0, 0.1) is 11.8 Å². The zero-order valence-corrected chi connectivity index (χ0v) is 22.0. The maximum atomic E-state index is 12.7. The largest absolute Gasteiger partial charge is 0.493 e. The van der Waals surface area contributed by atoms with Crippen molar-refractivity contribution in [2.45, 2.75) is 45.1 Å². The summed E-state index contributed by atoms with van der Waals surface area (Å²) in [5.74, 6) is 2.40. The maximum absolute atomic E-state index is 12.7. The summed E-state index contributed by atoms with van der Waals surface area (Å²) in [6.07, 6.45) is 6.46. The fourth-order valence-electron chi connectivity index (χ4n) is 5.60. The molecule has 190 valence electrons. The predicted octanol–water partition coefficient (Wildman–Crippen LogP) is 6.06. The third-order valence-electron chi connectivity index (χ3n) is 7.64. The van der Waals surface area contributed by atoms with E-state index >= 15 is 0 Å². The lowest BCUT2D eigenvalue weighted by molar-refractivity contribution is -0.132.